The second-order valence-electron chi connectivity index (χ2n) is 4.20. The highest BCUT2D eigenvalue weighted by atomic mass is 19.4. The van der Waals surface area contributed by atoms with Crippen molar-refractivity contribution in [2.45, 2.75) is 13.5 Å². The smallest absolute Gasteiger partial charge is 0.487 e. The molecule has 1 aromatic heterocycles. The minimum Gasteiger partial charge on any atom is -0.487 e. The van der Waals surface area contributed by atoms with Gasteiger partial charge in [0.05, 0.1) is 5.69 Å². The number of hydrogen-bond donors (Lipinski definition) is 0. The highest BCUT2D eigenvalue weighted by molar-refractivity contribution is 6.73. The summed E-state index contributed by atoms with van der Waals surface area (Å²) < 4.78 is 42.7. The Morgan fingerprint density at radius 1 is 1.11 bits per heavy atom. The lowest BCUT2D eigenvalue weighted by molar-refractivity contribution is 0.300. The van der Waals surface area contributed by atoms with Crippen LogP contribution in [0.4, 0.5) is 12.9 Å². The first kappa shape index (κ1) is 13.5. The zero-order valence-electron chi connectivity index (χ0n) is 10.3. The van der Waals surface area contributed by atoms with E-state index >= 15 is 0 Å². The second-order valence-corrected chi connectivity index (χ2v) is 4.20. The zero-order chi connectivity index (χ0) is 13.9. The SMILES string of the molecule is Cc1cccnc1COc1ccc([B-](F)(F)F)cc1. The molecular weight excluding hydrogens is 254 g/mol. The number of benzene rings is 1. The Balaban J connectivity index is 2.03. The Kier molecular flexibility index (Phi) is 3.78. The molecular formula is C13H12BF3NO-. The van der Waals surface area contributed by atoms with Gasteiger partial charge in [0.25, 0.3) is 0 Å². The van der Waals surface area contributed by atoms with Crippen molar-refractivity contribution in [3.63, 3.8) is 0 Å². The van der Waals surface area contributed by atoms with E-state index in [-0.39, 0.29) is 6.61 Å². The molecule has 0 saturated carbocycles. The first-order valence-electron chi connectivity index (χ1n) is 5.80. The van der Waals surface area contributed by atoms with Gasteiger partial charge in [-0.15, -0.1) is 5.46 Å². The van der Waals surface area contributed by atoms with Gasteiger partial charge >= 0.3 is 6.98 Å². The maximum Gasteiger partial charge on any atom is 0.509 e. The van der Waals surface area contributed by atoms with Crippen molar-refractivity contribution < 1.29 is 17.7 Å². The number of hydrogen-bond acceptors (Lipinski definition) is 2. The molecule has 2 nitrogen and oxygen atoms in total. The molecule has 0 atom stereocenters. The van der Waals surface area contributed by atoms with Gasteiger partial charge in [0.2, 0.25) is 0 Å². The molecule has 0 aliphatic carbocycles. The number of halogens is 3. The molecule has 19 heavy (non-hydrogen) atoms. The van der Waals surface area contributed by atoms with Crippen LogP contribution >= 0.6 is 0 Å². The molecule has 1 heterocycles. The van der Waals surface area contributed by atoms with E-state index in [1.807, 2.05) is 19.1 Å². The molecule has 6 heteroatoms. The van der Waals surface area contributed by atoms with Crippen LogP contribution in [0.1, 0.15) is 11.3 Å². The summed E-state index contributed by atoms with van der Waals surface area (Å²) in [6.45, 7) is -2.81. The predicted octanol–water partition coefficient (Wildman–Crippen LogP) is 3.02. The third-order valence-electron chi connectivity index (χ3n) is 2.75. The Hall–Kier alpha value is -1.98. The molecule has 0 aliphatic rings. The van der Waals surface area contributed by atoms with Gasteiger partial charge in [0.1, 0.15) is 12.4 Å². The number of aryl methyl sites for hydroxylation is 1. The Morgan fingerprint density at radius 3 is 2.37 bits per heavy atom. The number of nitrogens with zero attached hydrogens (tertiary/aromatic N) is 1. The molecule has 100 valence electrons. The van der Waals surface area contributed by atoms with Crippen molar-refractivity contribution in [2.24, 2.45) is 0 Å². The fraction of sp³-hybridized carbons (Fsp3) is 0.154. The minimum atomic E-state index is -4.95. The highest BCUT2D eigenvalue weighted by Crippen LogP contribution is 2.15. The van der Waals surface area contributed by atoms with Crippen LogP contribution in [0.15, 0.2) is 42.6 Å². The molecule has 0 spiro atoms. The van der Waals surface area contributed by atoms with Crippen molar-refractivity contribution in [1.82, 2.24) is 4.98 Å². The maximum absolute atomic E-state index is 12.4. The lowest BCUT2D eigenvalue weighted by Gasteiger charge is -2.15. The largest absolute Gasteiger partial charge is 0.509 e. The molecule has 0 unspecified atom stereocenters. The fourth-order valence-electron chi connectivity index (χ4n) is 1.60. The van der Waals surface area contributed by atoms with Crippen molar-refractivity contribution in [3.05, 3.63) is 53.9 Å². The van der Waals surface area contributed by atoms with Gasteiger partial charge in [-0.3, -0.25) is 4.98 Å². The van der Waals surface area contributed by atoms with Crippen molar-refractivity contribution in [2.75, 3.05) is 0 Å². The van der Waals surface area contributed by atoms with Crippen LogP contribution in [0.3, 0.4) is 0 Å². The van der Waals surface area contributed by atoms with Gasteiger partial charge in [-0.25, -0.2) is 0 Å². The third kappa shape index (κ3) is 3.50. The molecule has 1 aromatic carbocycles. The molecule has 2 aromatic rings. The van der Waals surface area contributed by atoms with Crippen LogP contribution < -0.4 is 10.2 Å². The summed E-state index contributed by atoms with van der Waals surface area (Å²) in [4.78, 5) is 4.15. The lowest BCUT2D eigenvalue weighted by atomic mass is 9.80. The number of aromatic nitrogens is 1. The van der Waals surface area contributed by atoms with Crippen molar-refractivity contribution in [3.8, 4) is 5.75 Å². The Morgan fingerprint density at radius 2 is 1.79 bits per heavy atom. The zero-order valence-corrected chi connectivity index (χ0v) is 10.3. The minimum absolute atomic E-state index is 0.239. The highest BCUT2D eigenvalue weighted by Gasteiger charge is 2.24. The second kappa shape index (κ2) is 5.34. The van der Waals surface area contributed by atoms with E-state index in [0.29, 0.717) is 5.75 Å². The Bertz CT molecular complexity index is 555. The van der Waals surface area contributed by atoms with Crippen molar-refractivity contribution in [1.29, 1.82) is 0 Å². The van der Waals surface area contributed by atoms with Crippen LogP contribution in [0.5, 0.6) is 5.75 Å². The van der Waals surface area contributed by atoms with Gasteiger partial charge in [0, 0.05) is 6.20 Å². The van der Waals surface area contributed by atoms with Gasteiger partial charge in [0.15, 0.2) is 0 Å². The summed E-state index contributed by atoms with van der Waals surface area (Å²) in [6.07, 6.45) is 1.65. The molecule has 2 rings (SSSR count). The third-order valence-corrected chi connectivity index (χ3v) is 2.75. The Labute approximate surface area is 109 Å². The summed E-state index contributed by atoms with van der Waals surface area (Å²) in [6, 6.07) is 8.42. The average Bonchev–Trinajstić information content (AvgIpc) is 2.37. The molecule has 0 radical (unpaired) electrons. The summed E-state index contributed by atoms with van der Waals surface area (Å²) >= 11 is 0. The van der Waals surface area contributed by atoms with Gasteiger partial charge in [-0.2, -0.15) is 0 Å². The van der Waals surface area contributed by atoms with Gasteiger partial charge in [-0.1, -0.05) is 18.2 Å². The first-order chi connectivity index (χ1) is 8.97. The lowest BCUT2D eigenvalue weighted by Crippen LogP contribution is -2.33. The summed E-state index contributed by atoms with van der Waals surface area (Å²) in [7, 11) is 0. The molecule has 0 saturated heterocycles. The molecule has 0 bridgehead atoms. The average molecular weight is 266 g/mol. The summed E-state index contributed by atoms with van der Waals surface area (Å²) in [5.74, 6) is 0.397. The molecule has 0 fully saturated rings. The first-order valence-corrected chi connectivity index (χ1v) is 5.80. The van der Waals surface area contributed by atoms with E-state index in [1.54, 1.807) is 6.20 Å². The summed E-state index contributed by atoms with van der Waals surface area (Å²) in [5.41, 5.74) is 1.13. The fourth-order valence-corrected chi connectivity index (χ4v) is 1.60. The van der Waals surface area contributed by atoms with E-state index in [4.69, 9.17) is 4.74 Å². The van der Waals surface area contributed by atoms with Crippen molar-refractivity contribution >= 4 is 12.4 Å². The standard InChI is InChI=1S/C13H12BF3NO/c1-10-3-2-8-18-13(10)9-19-12-6-4-11(5-7-12)14(15,16)17/h2-8H,9H2,1H3/q-1. The predicted molar refractivity (Wildman–Crippen MR) is 68.5 cm³/mol. The van der Waals surface area contributed by atoms with Crippen LogP contribution in [-0.2, 0) is 6.61 Å². The normalized spacial score (nSPS) is 11.4. The molecule has 0 N–H and O–H groups in total. The van der Waals surface area contributed by atoms with Crippen LogP contribution in [0.25, 0.3) is 0 Å². The van der Waals surface area contributed by atoms with E-state index in [1.165, 1.54) is 12.1 Å². The van der Waals surface area contributed by atoms with Crippen LogP contribution in [-0.4, -0.2) is 12.0 Å². The van der Waals surface area contributed by atoms with Gasteiger partial charge in [-0.05, 0) is 30.7 Å². The molecule has 0 aliphatic heterocycles. The molecule has 0 amide bonds. The van der Waals surface area contributed by atoms with E-state index < -0.39 is 12.4 Å². The van der Waals surface area contributed by atoms with Crippen LogP contribution in [0.2, 0.25) is 0 Å². The number of rotatable bonds is 4. The summed E-state index contributed by atoms with van der Waals surface area (Å²) in [5, 5.41) is 0. The topological polar surface area (TPSA) is 22.1 Å². The monoisotopic (exact) mass is 266 g/mol. The number of ether oxygens (including phenoxy) is 1. The van der Waals surface area contributed by atoms with Crippen LogP contribution in [0, 0.1) is 6.92 Å². The van der Waals surface area contributed by atoms with Gasteiger partial charge < -0.3 is 17.7 Å². The van der Waals surface area contributed by atoms with E-state index in [0.717, 1.165) is 23.4 Å². The van der Waals surface area contributed by atoms with E-state index in [9.17, 15) is 12.9 Å². The quantitative estimate of drug-likeness (QED) is 0.793. The number of pyridine rings is 1. The van der Waals surface area contributed by atoms with E-state index in [2.05, 4.69) is 4.98 Å². The maximum atomic E-state index is 12.4.